The van der Waals surface area contributed by atoms with Crippen LogP contribution in [0.1, 0.15) is 23.6 Å². The highest BCUT2D eigenvalue weighted by atomic mass is 16.2. The Morgan fingerprint density at radius 3 is 2.00 bits per heavy atom. The minimum atomic E-state index is -0.511. The van der Waals surface area contributed by atoms with Crippen LogP contribution in [0.15, 0.2) is 46.0 Å². The number of benzene rings is 2. The molecule has 0 spiro atoms. The molecule has 0 aromatic heterocycles. The van der Waals surface area contributed by atoms with Crippen LogP contribution in [0.2, 0.25) is 0 Å². The zero-order chi connectivity index (χ0) is 19.0. The van der Waals surface area contributed by atoms with Gasteiger partial charge in [-0.2, -0.15) is 0 Å². The van der Waals surface area contributed by atoms with Gasteiger partial charge < -0.3 is 10.6 Å². The Kier molecular flexibility index (Phi) is 4.47. The molecule has 0 bridgehead atoms. The quantitative estimate of drug-likeness (QED) is 0.707. The maximum atomic E-state index is 12.2. The Hall–Kier alpha value is -3.21. The highest BCUT2D eigenvalue weighted by Gasteiger charge is 2.24. The van der Waals surface area contributed by atoms with E-state index in [1.54, 1.807) is 24.3 Å². The average molecular weight is 348 g/mol. The lowest BCUT2D eigenvalue weighted by Gasteiger charge is -2.17. The third-order valence-electron chi connectivity index (χ3n) is 4.50. The van der Waals surface area contributed by atoms with E-state index in [4.69, 9.17) is 0 Å². The number of aryl methyl sites for hydroxylation is 3. The second-order valence-electron chi connectivity index (χ2n) is 6.54. The van der Waals surface area contributed by atoms with Crippen LogP contribution in [-0.4, -0.2) is 5.91 Å². The molecule has 3 aromatic carbocycles. The molecule has 3 aromatic rings. The van der Waals surface area contributed by atoms with Gasteiger partial charge in [-0.05, 0) is 67.3 Å². The first kappa shape index (κ1) is 17.6. The summed E-state index contributed by atoms with van der Waals surface area (Å²) in [5.74, 6) is -0.152. The molecule has 1 amide bonds. The number of carbonyl (C=O) groups excluding carboxylic acids is 1. The van der Waals surface area contributed by atoms with Gasteiger partial charge in [-0.1, -0.05) is 12.1 Å². The summed E-state index contributed by atoms with van der Waals surface area (Å²) in [5.41, 5.74) is 5.08. The SMILES string of the molecule is CC(=O)Nc1ccc(Nc2c(-c3cc(C)c(C)cc3C)c(=O)c2=O)cc1. The van der Waals surface area contributed by atoms with Gasteiger partial charge in [0.25, 0.3) is 5.43 Å². The van der Waals surface area contributed by atoms with E-state index in [0.29, 0.717) is 22.6 Å². The predicted molar refractivity (Wildman–Crippen MR) is 105 cm³/mol. The molecule has 0 saturated carbocycles. The lowest BCUT2D eigenvalue weighted by Crippen LogP contribution is -2.35. The van der Waals surface area contributed by atoms with Gasteiger partial charge in [-0.15, -0.1) is 0 Å². The number of anilines is 3. The molecule has 2 N–H and O–H groups in total. The van der Waals surface area contributed by atoms with E-state index in [1.807, 2.05) is 32.9 Å². The van der Waals surface area contributed by atoms with E-state index in [2.05, 4.69) is 10.6 Å². The van der Waals surface area contributed by atoms with E-state index in [9.17, 15) is 14.4 Å². The number of rotatable bonds is 4. The zero-order valence-electron chi connectivity index (χ0n) is 15.2. The molecular weight excluding hydrogens is 328 g/mol. The smallest absolute Gasteiger partial charge is 0.250 e. The largest absolute Gasteiger partial charge is 0.352 e. The highest BCUT2D eigenvalue weighted by Crippen LogP contribution is 2.31. The molecule has 0 atom stereocenters. The fraction of sp³-hybridized carbons (Fsp3) is 0.190. The van der Waals surface area contributed by atoms with Crippen molar-refractivity contribution < 1.29 is 4.79 Å². The normalized spacial score (nSPS) is 10.8. The second kappa shape index (κ2) is 6.59. The second-order valence-corrected chi connectivity index (χ2v) is 6.54. The lowest BCUT2D eigenvalue weighted by molar-refractivity contribution is -0.114. The van der Waals surface area contributed by atoms with Crippen LogP contribution in [0, 0.1) is 20.8 Å². The van der Waals surface area contributed by atoms with Crippen LogP contribution in [0.5, 0.6) is 0 Å². The summed E-state index contributed by atoms with van der Waals surface area (Å²) in [6.07, 6.45) is 0. The summed E-state index contributed by atoms with van der Waals surface area (Å²) in [6.45, 7) is 7.38. The van der Waals surface area contributed by atoms with Crippen molar-refractivity contribution in [2.24, 2.45) is 0 Å². The molecule has 3 rings (SSSR count). The summed E-state index contributed by atoms with van der Waals surface area (Å²) in [5, 5.41) is 5.73. The first-order valence-electron chi connectivity index (χ1n) is 8.34. The maximum absolute atomic E-state index is 12.2. The standard InChI is InChI=1S/C21H20N2O3/c1-11-9-13(3)17(10-12(11)2)18-19(21(26)20(18)25)23-16-7-5-15(6-8-16)22-14(4)24/h5-10,23H,1-4H3,(H,22,24). The Balaban J connectivity index is 1.95. The van der Waals surface area contributed by atoms with Gasteiger partial charge >= 0.3 is 0 Å². The van der Waals surface area contributed by atoms with Crippen molar-refractivity contribution in [3.8, 4) is 11.1 Å². The molecule has 0 saturated heterocycles. The first-order chi connectivity index (χ1) is 12.3. The predicted octanol–water partition coefficient (Wildman–Crippen LogP) is 3.58. The monoisotopic (exact) mass is 348 g/mol. The van der Waals surface area contributed by atoms with Crippen LogP contribution in [0.25, 0.3) is 11.1 Å². The van der Waals surface area contributed by atoms with E-state index >= 15 is 0 Å². The van der Waals surface area contributed by atoms with Crippen molar-refractivity contribution in [1.29, 1.82) is 0 Å². The van der Waals surface area contributed by atoms with E-state index in [-0.39, 0.29) is 5.91 Å². The molecule has 0 aliphatic carbocycles. The summed E-state index contributed by atoms with van der Waals surface area (Å²) >= 11 is 0. The van der Waals surface area contributed by atoms with Crippen molar-refractivity contribution in [3.05, 3.63) is 73.5 Å². The van der Waals surface area contributed by atoms with Crippen molar-refractivity contribution in [1.82, 2.24) is 0 Å². The number of hydrogen-bond acceptors (Lipinski definition) is 4. The van der Waals surface area contributed by atoms with Gasteiger partial charge in [-0.3, -0.25) is 14.4 Å². The molecule has 0 radical (unpaired) electrons. The zero-order valence-corrected chi connectivity index (χ0v) is 15.2. The summed E-state index contributed by atoms with van der Waals surface area (Å²) in [7, 11) is 0. The number of carbonyl (C=O) groups is 1. The van der Waals surface area contributed by atoms with Gasteiger partial charge in [0.2, 0.25) is 11.3 Å². The number of nitrogens with one attached hydrogen (secondary N) is 2. The molecule has 26 heavy (non-hydrogen) atoms. The molecule has 0 fully saturated rings. The minimum absolute atomic E-state index is 0.152. The summed E-state index contributed by atoms with van der Waals surface area (Å²) in [4.78, 5) is 35.4. The van der Waals surface area contributed by atoms with Crippen LogP contribution < -0.4 is 21.5 Å². The van der Waals surface area contributed by atoms with Crippen LogP contribution in [0.3, 0.4) is 0 Å². The molecule has 0 heterocycles. The molecular formula is C21H20N2O3. The highest BCUT2D eigenvalue weighted by molar-refractivity contribution is 5.89. The third kappa shape index (κ3) is 3.16. The molecule has 0 aliphatic heterocycles. The Morgan fingerprint density at radius 1 is 0.808 bits per heavy atom. The van der Waals surface area contributed by atoms with Crippen molar-refractivity contribution in [3.63, 3.8) is 0 Å². The van der Waals surface area contributed by atoms with E-state index in [1.165, 1.54) is 6.92 Å². The number of hydrogen-bond donors (Lipinski definition) is 2. The van der Waals surface area contributed by atoms with E-state index in [0.717, 1.165) is 22.3 Å². The Morgan fingerprint density at radius 2 is 1.38 bits per heavy atom. The fourth-order valence-electron chi connectivity index (χ4n) is 2.98. The summed E-state index contributed by atoms with van der Waals surface area (Å²) < 4.78 is 0. The number of amides is 1. The molecule has 0 unspecified atom stereocenters. The Labute approximate surface area is 151 Å². The van der Waals surface area contributed by atoms with Crippen LogP contribution in [-0.2, 0) is 4.79 Å². The van der Waals surface area contributed by atoms with Crippen molar-refractivity contribution >= 4 is 23.0 Å². The van der Waals surface area contributed by atoms with Gasteiger partial charge in [0.15, 0.2) is 0 Å². The maximum Gasteiger partial charge on any atom is 0.250 e. The van der Waals surface area contributed by atoms with Crippen LogP contribution >= 0.6 is 0 Å². The van der Waals surface area contributed by atoms with Gasteiger partial charge in [-0.25, -0.2) is 0 Å². The average Bonchev–Trinajstić information content (AvgIpc) is 2.59. The van der Waals surface area contributed by atoms with Gasteiger partial charge in [0.05, 0.1) is 5.56 Å². The topological polar surface area (TPSA) is 75.3 Å². The molecule has 5 nitrogen and oxygen atoms in total. The van der Waals surface area contributed by atoms with E-state index < -0.39 is 10.9 Å². The minimum Gasteiger partial charge on any atom is -0.352 e. The fourth-order valence-corrected chi connectivity index (χ4v) is 2.98. The Bertz CT molecular complexity index is 1070. The molecule has 0 aliphatic rings. The molecule has 5 heteroatoms. The lowest BCUT2D eigenvalue weighted by atomic mass is 9.91. The summed E-state index contributed by atoms with van der Waals surface area (Å²) in [6, 6.07) is 10.9. The molecule has 132 valence electrons. The van der Waals surface area contributed by atoms with Crippen LogP contribution in [0.4, 0.5) is 17.1 Å². The first-order valence-corrected chi connectivity index (χ1v) is 8.34. The van der Waals surface area contributed by atoms with Crippen molar-refractivity contribution in [2.75, 3.05) is 10.6 Å². The third-order valence-corrected chi connectivity index (χ3v) is 4.50. The van der Waals surface area contributed by atoms with Gasteiger partial charge in [0, 0.05) is 18.3 Å². The van der Waals surface area contributed by atoms with Gasteiger partial charge in [0.1, 0.15) is 5.69 Å². The van der Waals surface area contributed by atoms with Crippen molar-refractivity contribution in [2.45, 2.75) is 27.7 Å².